The van der Waals surface area contributed by atoms with Gasteiger partial charge in [-0.05, 0) is 0 Å². The third kappa shape index (κ3) is 1.99. The number of hydrogen-bond acceptors (Lipinski definition) is 4. The van der Waals surface area contributed by atoms with E-state index < -0.39 is 28.0 Å². The molecule has 3 N–H and O–H groups in total. The van der Waals surface area contributed by atoms with Crippen LogP contribution in [0.5, 0.6) is 0 Å². The Morgan fingerprint density at radius 2 is 2.20 bits per heavy atom. The number of alkyl halides is 2. The van der Waals surface area contributed by atoms with Crippen LogP contribution in [0.15, 0.2) is 11.0 Å². The van der Waals surface area contributed by atoms with Crippen LogP contribution in [0, 0.1) is 10.1 Å². The molecule has 1 rings (SSSR count). The van der Waals surface area contributed by atoms with Crippen LogP contribution in [-0.2, 0) is 6.54 Å². The van der Waals surface area contributed by atoms with E-state index in [2.05, 4.69) is 4.98 Å². The Kier molecular flexibility index (Phi) is 3.10. The number of nitrogens with one attached hydrogen (secondary N) is 1. The Hall–Kier alpha value is -1.83. The minimum Gasteiger partial charge on any atom is -0.358 e. The predicted molar refractivity (Wildman–Crippen MR) is 46.6 cm³/mol. The van der Waals surface area contributed by atoms with Crippen LogP contribution in [-0.4, -0.2) is 9.91 Å². The fraction of sp³-hybridized carbons (Fsp3) is 0.286. The van der Waals surface area contributed by atoms with Gasteiger partial charge in [0.25, 0.3) is 11.9 Å². The van der Waals surface area contributed by atoms with Gasteiger partial charge in [0.2, 0.25) is 0 Å². The lowest BCUT2D eigenvalue weighted by Crippen LogP contribution is -2.19. The van der Waals surface area contributed by atoms with Gasteiger partial charge in [-0.3, -0.25) is 14.9 Å². The van der Waals surface area contributed by atoms with Crippen molar-refractivity contribution < 1.29 is 13.7 Å². The summed E-state index contributed by atoms with van der Waals surface area (Å²) < 4.78 is 24.8. The molecule has 6 nitrogen and oxygen atoms in total. The Balaban J connectivity index is 3.50. The molecule has 0 saturated carbocycles. The van der Waals surface area contributed by atoms with Crippen molar-refractivity contribution in [3.8, 4) is 0 Å². The summed E-state index contributed by atoms with van der Waals surface area (Å²) in [5.74, 6) is 0. The number of nitrogens with two attached hydrogens (primary N) is 1. The third-order valence-electron chi connectivity index (χ3n) is 1.80. The zero-order valence-corrected chi connectivity index (χ0v) is 7.37. The second-order valence-electron chi connectivity index (χ2n) is 2.66. The van der Waals surface area contributed by atoms with Gasteiger partial charge in [-0.25, -0.2) is 8.78 Å². The first-order valence-corrected chi connectivity index (χ1v) is 3.86. The van der Waals surface area contributed by atoms with Gasteiger partial charge in [-0.2, -0.15) is 0 Å². The van der Waals surface area contributed by atoms with Crippen LogP contribution in [0.25, 0.3) is 0 Å². The molecule has 1 heterocycles. The maximum absolute atomic E-state index is 12.4. The number of rotatable bonds is 3. The van der Waals surface area contributed by atoms with Crippen LogP contribution >= 0.6 is 0 Å². The maximum Gasteiger partial charge on any atom is 0.332 e. The molecule has 0 aliphatic rings. The third-order valence-corrected chi connectivity index (χ3v) is 1.80. The van der Waals surface area contributed by atoms with Crippen LogP contribution in [0.1, 0.15) is 17.7 Å². The summed E-state index contributed by atoms with van der Waals surface area (Å²) in [5, 5.41) is 10.3. The SMILES string of the molecule is NCc1[nH]cc([N+](=O)[O-])c(=O)c1C(F)F. The molecule has 1 aromatic heterocycles. The summed E-state index contributed by atoms with van der Waals surface area (Å²) in [7, 11) is 0. The molecule has 0 atom stereocenters. The van der Waals surface area contributed by atoms with Crippen molar-refractivity contribution >= 4 is 5.69 Å². The summed E-state index contributed by atoms with van der Waals surface area (Å²) in [6.07, 6.45) is -2.33. The van der Waals surface area contributed by atoms with E-state index in [4.69, 9.17) is 5.73 Å². The maximum atomic E-state index is 12.4. The van der Waals surface area contributed by atoms with Crippen LogP contribution in [0.2, 0.25) is 0 Å². The van der Waals surface area contributed by atoms with Crippen molar-refractivity contribution in [3.63, 3.8) is 0 Å². The van der Waals surface area contributed by atoms with Crippen molar-refractivity contribution in [1.82, 2.24) is 4.98 Å². The van der Waals surface area contributed by atoms with E-state index in [1.54, 1.807) is 0 Å². The Labute approximate surface area is 81.9 Å². The van der Waals surface area contributed by atoms with Crippen molar-refractivity contribution in [1.29, 1.82) is 0 Å². The zero-order chi connectivity index (χ0) is 11.6. The standard InChI is InChI=1S/C7H7F2N3O3/c8-7(9)5-3(1-10)11-2-4(6(5)13)12(14)15/h2,7H,1,10H2,(H,11,13). The van der Waals surface area contributed by atoms with Gasteiger partial charge in [0, 0.05) is 12.2 Å². The number of nitro groups is 1. The predicted octanol–water partition coefficient (Wildman–Crippen LogP) is 0.679. The average Bonchev–Trinajstić information content (AvgIpc) is 2.15. The van der Waals surface area contributed by atoms with Crippen LogP contribution in [0.4, 0.5) is 14.5 Å². The van der Waals surface area contributed by atoms with E-state index in [0.29, 0.717) is 0 Å². The Morgan fingerprint density at radius 3 is 2.60 bits per heavy atom. The van der Waals surface area contributed by atoms with Crippen molar-refractivity contribution in [3.05, 3.63) is 37.8 Å². The molecular weight excluding hydrogens is 212 g/mol. The number of pyridine rings is 1. The molecule has 0 spiro atoms. The number of nitrogens with zero attached hydrogens (tertiary/aromatic N) is 1. The molecular formula is C7H7F2N3O3. The molecule has 0 radical (unpaired) electrons. The summed E-state index contributed by atoms with van der Waals surface area (Å²) >= 11 is 0. The highest BCUT2D eigenvalue weighted by atomic mass is 19.3. The van der Waals surface area contributed by atoms with Crippen molar-refractivity contribution in [2.24, 2.45) is 5.73 Å². The molecule has 0 amide bonds. The van der Waals surface area contributed by atoms with Gasteiger partial charge >= 0.3 is 5.69 Å². The minimum absolute atomic E-state index is 0.194. The lowest BCUT2D eigenvalue weighted by molar-refractivity contribution is -0.386. The highest BCUT2D eigenvalue weighted by molar-refractivity contribution is 5.35. The lowest BCUT2D eigenvalue weighted by atomic mass is 10.1. The molecule has 15 heavy (non-hydrogen) atoms. The summed E-state index contributed by atoms with van der Waals surface area (Å²) in [4.78, 5) is 22.7. The normalized spacial score (nSPS) is 10.7. The van der Waals surface area contributed by atoms with Gasteiger partial charge in [0.05, 0.1) is 16.7 Å². The molecule has 0 aliphatic carbocycles. The summed E-state index contributed by atoms with van der Waals surface area (Å²) in [5.41, 5.74) is 1.77. The van der Waals surface area contributed by atoms with Crippen molar-refractivity contribution in [2.75, 3.05) is 0 Å². The van der Waals surface area contributed by atoms with E-state index in [1.807, 2.05) is 0 Å². The number of halogens is 2. The molecule has 0 unspecified atom stereocenters. The van der Waals surface area contributed by atoms with E-state index in [1.165, 1.54) is 0 Å². The Morgan fingerprint density at radius 1 is 1.60 bits per heavy atom. The Bertz CT molecular complexity index is 444. The molecule has 0 saturated heterocycles. The average molecular weight is 219 g/mol. The molecule has 0 bridgehead atoms. The van der Waals surface area contributed by atoms with Crippen molar-refractivity contribution in [2.45, 2.75) is 13.0 Å². The largest absolute Gasteiger partial charge is 0.358 e. The summed E-state index contributed by atoms with van der Waals surface area (Å²) in [6.45, 7) is -0.313. The minimum atomic E-state index is -3.09. The smallest absolute Gasteiger partial charge is 0.332 e. The van der Waals surface area contributed by atoms with Gasteiger partial charge in [0.1, 0.15) is 0 Å². The number of H-pyrrole nitrogens is 1. The fourth-order valence-electron chi connectivity index (χ4n) is 1.11. The van der Waals surface area contributed by atoms with E-state index >= 15 is 0 Å². The first-order valence-electron chi connectivity index (χ1n) is 3.86. The summed E-state index contributed by atoms with van der Waals surface area (Å²) in [6, 6.07) is 0. The molecule has 1 aromatic rings. The topological polar surface area (TPSA) is 102 Å². The monoisotopic (exact) mass is 219 g/mol. The number of hydrogen-bond donors (Lipinski definition) is 2. The van der Waals surface area contributed by atoms with E-state index in [9.17, 15) is 23.7 Å². The molecule has 0 aromatic carbocycles. The highest BCUT2D eigenvalue weighted by Gasteiger charge is 2.24. The van der Waals surface area contributed by atoms with Gasteiger partial charge in [0.15, 0.2) is 0 Å². The van der Waals surface area contributed by atoms with Crippen LogP contribution < -0.4 is 11.2 Å². The molecule has 82 valence electrons. The van der Waals surface area contributed by atoms with E-state index in [0.717, 1.165) is 6.20 Å². The lowest BCUT2D eigenvalue weighted by Gasteiger charge is -2.04. The van der Waals surface area contributed by atoms with Gasteiger partial charge in [-0.15, -0.1) is 0 Å². The van der Waals surface area contributed by atoms with E-state index in [-0.39, 0.29) is 12.2 Å². The number of aromatic amines is 1. The number of aromatic nitrogens is 1. The molecule has 0 fully saturated rings. The quantitative estimate of drug-likeness (QED) is 0.576. The highest BCUT2D eigenvalue weighted by Crippen LogP contribution is 2.19. The van der Waals surface area contributed by atoms with Crippen LogP contribution in [0.3, 0.4) is 0 Å². The zero-order valence-electron chi connectivity index (χ0n) is 7.37. The van der Waals surface area contributed by atoms with Gasteiger partial charge < -0.3 is 10.7 Å². The van der Waals surface area contributed by atoms with Gasteiger partial charge in [-0.1, -0.05) is 0 Å². The molecule has 8 heteroatoms. The second kappa shape index (κ2) is 4.13. The molecule has 0 aliphatic heterocycles. The first kappa shape index (κ1) is 11.2. The first-order chi connectivity index (χ1) is 6.99. The second-order valence-corrected chi connectivity index (χ2v) is 2.66. The fourth-order valence-corrected chi connectivity index (χ4v) is 1.11.